The summed E-state index contributed by atoms with van der Waals surface area (Å²) < 4.78 is 55.2. The third-order valence-corrected chi connectivity index (χ3v) is 7.65. The third kappa shape index (κ3) is 8.10. The summed E-state index contributed by atoms with van der Waals surface area (Å²) >= 11 is 0. The molecule has 1 fully saturated rings. The van der Waals surface area contributed by atoms with Crippen LogP contribution in [0.1, 0.15) is 35.1 Å². The van der Waals surface area contributed by atoms with E-state index in [0.717, 1.165) is 65.7 Å². The van der Waals surface area contributed by atoms with Crippen molar-refractivity contribution in [2.24, 2.45) is 5.92 Å². The molecule has 5 rings (SSSR count). The summed E-state index contributed by atoms with van der Waals surface area (Å²) in [6.45, 7) is 7.59. The summed E-state index contributed by atoms with van der Waals surface area (Å²) in [5.74, 6) is -0.949. The van der Waals surface area contributed by atoms with E-state index in [0.29, 0.717) is 24.0 Å². The van der Waals surface area contributed by atoms with Crippen molar-refractivity contribution in [2.75, 3.05) is 37.0 Å². The topological polar surface area (TPSA) is 79.8 Å². The summed E-state index contributed by atoms with van der Waals surface area (Å²) in [5.41, 5.74) is 2.76. The Morgan fingerprint density at radius 2 is 1.80 bits per heavy atom. The minimum absolute atomic E-state index is 0.0472. The van der Waals surface area contributed by atoms with Crippen LogP contribution in [-0.4, -0.2) is 47.7 Å². The summed E-state index contributed by atoms with van der Waals surface area (Å²) in [5, 5.41) is 2.94. The van der Waals surface area contributed by atoms with E-state index < -0.39 is 23.5 Å². The van der Waals surface area contributed by atoms with E-state index in [4.69, 9.17) is 9.47 Å². The van der Waals surface area contributed by atoms with Gasteiger partial charge in [0.25, 0.3) is 0 Å². The van der Waals surface area contributed by atoms with Gasteiger partial charge in [-0.15, -0.1) is 0 Å². The van der Waals surface area contributed by atoms with Gasteiger partial charge in [0.15, 0.2) is 11.6 Å². The standard InChI is InChI=1S/C34H36F3N5O3/c1-21-14-22(2)32(23(3)15-21)45-34(43)42(19-25-16-26(35)7-9-28(25)36)31-11-12-38-33(40-31)39-27-8-10-30(29(37)17-27)44-20-24-6-5-13-41(4)18-24/h7-12,14-17,24H,5-6,13,18-20H2,1-4H3,(H,38,39,40). The van der Waals surface area contributed by atoms with Gasteiger partial charge < -0.3 is 19.7 Å². The molecule has 1 N–H and O–H groups in total. The number of benzene rings is 3. The number of amides is 1. The zero-order chi connectivity index (χ0) is 32.1. The second-order valence-electron chi connectivity index (χ2n) is 11.5. The van der Waals surface area contributed by atoms with Crippen LogP contribution in [0, 0.1) is 44.1 Å². The van der Waals surface area contributed by atoms with Crippen molar-refractivity contribution in [3.63, 3.8) is 0 Å². The molecule has 236 valence electrons. The molecule has 1 aliphatic heterocycles. The van der Waals surface area contributed by atoms with Gasteiger partial charge in [0.2, 0.25) is 5.95 Å². The predicted molar refractivity (Wildman–Crippen MR) is 167 cm³/mol. The van der Waals surface area contributed by atoms with Gasteiger partial charge in [-0.3, -0.25) is 4.90 Å². The molecule has 2 heterocycles. The Labute approximate surface area is 260 Å². The first-order chi connectivity index (χ1) is 21.5. The average Bonchev–Trinajstić information content (AvgIpc) is 2.99. The highest BCUT2D eigenvalue weighted by molar-refractivity contribution is 5.88. The average molecular weight is 620 g/mol. The third-order valence-electron chi connectivity index (χ3n) is 7.65. The number of carbonyl (C=O) groups excluding carboxylic acids is 1. The van der Waals surface area contributed by atoms with Crippen LogP contribution in [0.15, 0.2) is 60.8 Å². The number of anilines is 3. The fourth-order valence-corrected chi connectivity index (χ4v) is 5.55. The highest BCUT2D eigenvalue weighted by Crippen LogP contribution is 2.28. The van der Waals surface area contributed by atoms with E-state index in [-0.39, 0.29) is 29.6 Å². The molecule has 1 atom stereocenters. The summed E-state index contributed by atoms with van der Waals surface area (Å²) in [6.07, 6.45) is 2.67. The van der Waals surface area contributed by atoms with Crippen LogP contribution in [0.5, 0.6) is 11.5 Å². The number of hydrogen-bond acceptors (Lipinski definition) is 7. The number of hydrogen-bond donors (Lipinski definition) is 1. The molecule has 45 heavy (non-hydrogen) atoms. The Hall–Kier alpha value is -4.64. The molecule has 0 spiro atoms. The molecule has 1 aliphatic rings. The lowest BCUT2D eigenvalue weighted by atomic mass is 10.00. The van der Waals surface area contributed by atoms with Gasteiger partial charge >= 0.3 is 6.09 Å². The quantitative estimate of drug-likeness (QED) is 0.208. The number of aromatic nitrogens is 2. The summed E-state index contributed by atoms with van der Waals surface area (Å²) in [6, 6.07) is 12.6. The molecule has 11 heteroatoms. The fraction of sp³-hybridized carbons (Fsp3) is 0.324. The molecule has 0 saturated carbocycles. The minimum atomic E-state index is -0.852. The number of piperidine rings is 1. The molecular weight excluding hydrogens is 583 g/mol. The van der Waals surface area contributed by atoms with E-state index in [1.54, 1.807) is 6.07 Å². The predicted octanol–water partition coefficient (Wildman–Crippen LogP) is 7.49. The molecule has 0 bridgehead atoms. The number of aryl methyl sites for hydroxylation is 3. The molecule has 4 aromatic rings. The SMILES string of the molecule is Cc1cc(C)c(OC(=O)N(Cc2cc(F)ccc2F)c2ccnc(Nc3ccc(OCC4CCCN(C)C4)c(F)c3)n2)c(C)c1. The highest BCUT2D eigenvalue weighted by atomic mass is 19.1. The van der Waals surface area contributed by atoms with Gasteiger partial charge in [-0.25, -0.2) is 22.9 Å². The maximum absolute atomic E-state index is 15.0. The van der Waals surface area contributed by atoms with Crippen LogP contribution in [0.4, 0.5) is 35.4 Å². The molecule has 0 radical (unpaired) electrons. The number of rotatable bonds is 9. The van der Waals surface area contributed by atoms with E-state index in [1.807, 2.05) is 32.9 Å². The normalized spacial score (nSPS) is 15.0. The van der Waals surface area contributed by atoms with Crippen molar-refractivity contribution in [3.8, 4) is 11.5 Å². The van der Waals surface area contributed by atoms with Crippen molar-refractivity contribution in [1.29, 1.82) is 0 Å². The van der Waals surface area contributed by atoms with Crippen LogP contribution >= 0.6 is 0 Å². The second kappa shape index (κ2) is 14.0. The largest absolute Gasteiger partial charge is 0.490 e. The molecule has 1 amide bonds. The second-order valence-corrected chi connectivity index (χ2v) is 11.5. The Kier molecular flexibility index (Phi) is 9.87. The van der Waals surface area contributed by atoms with E-state index >= 15 is 0 Å². The van der Waals surface area contributed by atoms with Gasteiger partial charge in [-0.1, -0.05) is 17.7 Å². The van der Waals surface area contributed by atoms with Gasteiger partial charge in [0.05, 0.1) is 13.2 Å². The lowest BCUT2D eigenvalue weighted by Crippen LogP contribution is -2.34. The molecule has 8 nitrogen and oxygen atoms in total. The molecule has 3 aromatic carbocycles. The van der Waals surface area contributed by atoms with Crippen LogP contribution in [0.3, 0.4) is 0 Å². The smallest absolute Gasteiger partial charge is 0.421 e. The number of likely N-dealkylation sites (tertiary alicyclic amines) is 1. The monoisotopic (exact) mass is 619 g/mol. The van der Waals surface area contributed by atoms with E-state index in [1.165, 1.54) is 24.4 Å². The molecule has 1 saturated heterocycles. The first-order valence-corrected chi connectivity index (χ1v) is 14.8. The van der Waals surface area contributed by atoms with E-state index in [9.17, 15) is 18.0 Å². The van der Waals surface area contributed by atoms with Crippen molar-refractivity contribution in [2.45, 2.75) is 40.2 Å². The van der Waals surface area contributed by atoms with Crippen LogP contribution in [0.2, 0.25) is 0 Å². The summed E-state index contributed by atoms with van der Waals surface area (Å²) in [7, 11) is 2.07. The number of nitrogens with zero attached hydrogens (tertiary/aromatic N) is 4. The number of halogens is 3. The zero-order valence-electron chi connectivity index (χ0n) is 25.7. The molecule has 0 aliphatic carbocycles. The fourth-order valence-electron chi connectivity index (χ4n) is 5.55. The summed E-state index contributed by atoms with van der Waals surface area (Å²) in [4.78, 5) is 25.5. The Bertz CT molecular complexity index is 1660. The first-order valence-electron chi connectivity index (χ1n) is 14.8. The lowest BCUT2D eigenvalue weighted by molar-refractivity contribution is 0.147. The van der Waals surface area contributed by atoms with Crippen molar-refractivity contribution in [1.82, 2.24) is 14.9 Å². The van der Waals surface area contributed by atoms with Crippen molar-refractivity contribution in [3.05, 3.63) is 100 Å². The maximum atomic E-state index is 15.0. The Morgan fingerprint density at radius 3 is 2.53 bits per heavy atom. The minimum Gasteiger partial charge on any atom is -0.490 e. The van der Waals surface area contributed by atoms with Crippen molar-refractivity contribution >= 4 is 23.5 Å². The van der Waals surface area contributed by atoms with Crippen LogP contribution < -0.4 is 19.7 Å². The Balaban J connectivity index is 1.36. The molecule has 1 aromatic heterocycles. The van der Waals surface area contributed by atoms with Gasteiger partial charge in [-0.2, -0.15) is 4.98 Å². The lowest BCUT2D eigenvalue weighted by Gasteiger charge is -2.29. The molecular formula is C34H36F3N5O3. The molecule has 1 unspecified atom stereocenters. The first kappa shape index (κ1) is 31.8. The number of ether oxygens (including phenoxy) is 2. The van der Waals surface area contributed by atoms with Crippen LogP contribution in [-0.2, 0) is 6.54 Å². The Morgan fingerprint density at radius 1 is 1.02 bits per heavy atom. The van der Waals surface area contributed by atoms with Crippen molar-refractivity contribution < 1.29 is 27.4 Å². The van der Waals surface area contributed by atoms with Gasteiger partial charge in [-0.05, 0) is 94.7 Å². The zero-order valence-corrected chi connectivity index (χ0v) is 25.7. The van der Waals surface area contributed by atoms with Crippen LogP contribution in [0.25, 0.3) is 0 Å². The van der Waals surface area contributed by atoms with E-state index in [2.05, 4.69) is 27.2 Å². The highest BCUT2D eigenvalue weighted by Gasteiger charge is 2.24. The number of carbonyl (C=O) groups is 1. The number of nitrogens with one attached hydrogen (secondary N) is 1. The maximum Gasteiger partial charge on any atom is 0.421 e. The van der Waals surface area contributed by atoms with Gasteiger partial charge in [0, 0.05) is 36.0 Å². The van der Waals surface area contributed by atoms with Gasteiger partial charge in [0.1, 0.15) is 23.2 Å².